The van der Waals surface area contributed by atoms with Crippen LogP contribution >= 0.6 is 11.3 Å². The minimum absolute atomic E-state index is 0.0201. The molecule has 5 nitrogen and oxygen atoms in total. The van der Waals surface area contributed by atoms with Crippen molar-refractivity contribution in [1.82, 2.24) is 4.90 Å². The zero-order valence-corrected chi connectivity index (χ0v) is 21.1. The van der Waals surface area contributed by atoms with Gasteiger partial charge < -0.3 is 4.74 Å². The molecule has 1 aliphatic rings. The molecule has 0 spiro atoms. The fraction of sp³-hybridized carbons (Fsp3) is 0.200. The van der Waals surface area contributed by atoms with Gasteiger partial charge in [-0.3, -0.25) is 4.90 Å². The number of hydrogen-bond acceptors (Lipinski definition) is 6. The molecular weight excluding hydrogens is 466 g/mol. The van der Waals surface area contributed by atoms with Gasteiger partial charge in [-0.15, -0.1) is 11.3 Å². The third kappa shape index (κ3) is 4.79. The molecule has 0 N–H and O–H groups in total. The van der Waals surface area contributed by atoms with E-state index in [1.807, 2.05) is 49.4 Å². The van der Waals surface area contributed by atoms with Gasteiger partial charge in [0.05, 0.1) is 18.3 Å². The number of carbonyl (C=O) groups is 1. The van der Waals surface area contributed by atoms with E-state index in [9.17, 15) is 4.79 Å². The van der Waals surface area contributed by atoms with Crippen LogP contribution in [0.4, 0.5) is 10.7 Å². The van der Waals surface area contributed by atoms with E-state index in [0.717, 1.165) is 16.1 Å². The van der Waals surface area contributed by atoms with E-state index in [1.165, 1.54) is 22.5 Å². The summed E-state index contributed by atoms with van der Waals surface area (Å²) >= 11 is 1.52. The SMILES string of the molecule is CCOC(=O)c1c(N=C=Nc2ccccc2)sc2c1CC(c1ccccc1)N(C)C2c1ccccc1. The Balaban J connectivity index is 1.67. The van der Waals surface area contributed by atoms with Crippen LogP contribution in [0.25, 0.3) is 0 Å². The lowest BCUT2D eigenvalue weighted by molar-refractivity contribution is 0.0525. The number of benzene rings is 3. The van der Waals surface area contributed by atoms with E-state index in [-0.39, 0.29) is 18.1 Å². The van der Waals surface area contributed by atoms with E-state index < -0.39 is 0 Å². The van der Waals surface area contributed by atoms with Crippen LogP contribution in [0.5, 0.6) is 0 Å². The van der Waals surface area contributed by atoms with Gasteiger partial charge in [0.1, 0.15) is 16.6 Å². The Bertz CT molecular complexity index is 1390. The highest BCUT2D eigenvalue weighted by Crippen LogP contribution is 2.50. The van der Waals surface area contributed by atoms with Gasteiger partial charge in [-0.25, -0.2) is 4.79 Å². The van der Waals surface area contributed by atoms with Gasteiger partial charge >= 0.3 is 5.97 Å². The van der Waals surface area contributed by atoms with Gasteiger partial charge in [0, 0.05) is 10.9 Å². The van der Waals surface area contributed by atoms with Crippen LogP contribution < -0.4 is 0 Å². The van der Waals surface area contributed by atoms with E-state index in [4.69, 9.17) is 4.74 Å². The summed E-state index contributed by atoms with van der Waals surface area (Å²) in [6, 6.07) is 33.3. The molecule has 2 atom stereocenters. The summed E-state index contributed by atoms with van der Waals surface area (Å²) in [6.45, 7) is 2.12. The summed E-state index contributed by atoms with van der Waals surface area (Å²) in [5.74, 6) is -0.349. The molecule has 0 fully saturated rings. The maximum absolute atomic E-state index is 13.3. The minimum Gasteiger partial charge on any atom is -0.462 e. The van der Waals surface area contributed by atoms with E-state index in [1.54, 1.807) is 0 Å². The Kier molecular flexibility index (Phi) is 7.19. The smallest absolute Gasteiger partial charge is 0.341 e. The van der Waals surface area contributed by atoms with E-state index in [2.05, 4.69) is 76.5 Å². The number of hydrogen-bond donors (Lipinski definition) is 0. The number of esters is 1. The Labute approximate surface area is 215 Å². The van der Waals surface area contributed by atoms with Gasteiger partial charge in [0.25, 0.3) is 0 Å². The van der Waals surface area contributed by atoms with Gasteiger partial charge in [-0.1, -0.05) is 78.9 Å². The first-order valence-corrected chi connectivity index (χ1v) is 12.8. The number of likely N-dealkylation sites (N-methyl/N-ethyl adjacent to an activating group) is 1. The second-order valence-corrected chi connectivity index (χ2v) is 9.64. The van der Waals surface area contributed by atoms with Gasteiger partial charge in [0.2, 0.25) is 0 Å². The van der Waals surface area contributed by atoms with Gasteiger partial charge in [-0.05, 0) is 49.2 Å². The normalized spacial score (nSPS) is 17.1. The van der Waals surface area contributed by atoms with Crippen molar-refractivity contribution in [3.63, 3.8) is 0 Å². The van der Waals surface area contributed by atoms with Crippen LogP contribution in [0.3, 0.4) is 0 Å². The van der Waals surface area contributed by atoms with Crippen LogP contribution in [0.1, 0.15) is 50.9 Å². The first-order chi connectivity index (χ1) is 17.7. The molecule has 3 aromatic carbocycles. The van der Waals surface area contributed by atoms with E-state index >= 15 is 0 Å². The van der Waals surface area contributed by atoms with Crippen LogP contribution in [-0.2, 0) is 11.2 Å². The lowest BCUT2D eigenvalue weighted by atomic mass is 9.86. The molecule has 2 heterocycles. The number of fused-ring (bicyclic) bond motifs is 1. The number of para-hydroxylation sites is 1. The first kappa shape index (κ1) is 23.9. The molecule has 2 unspecified atom stereocenters. The number of rotatable bonds is 6. The van der Waals surface area contributed by atoms with Gasteiger partial charge in [0.15, 0.2) is 0 Å². The molecule has 0 radical (unpaired) electrons. The molecule has 1 aromatic heterocycles. The van der Waals surface area contributed by atoms with Crippen molar-refractivity contribution in [1.29, 1.82) is 0 Å². The quantitative estimate of drug-likeness (QED) is 0.208. The number of nitrogens with zero attached hydrogens (tertiary/aromatic N) is 3. The molecule has 1 aliphatic heterocycles. The van der Waals surface area contributed by atoms with Crippen molar-refractivity contribution < 1.29 is 9.53 Å². The van der Waals surface area contributed by atoms with Crippen molar-refractivity contribution in [3.8, 4) is 0 Å². The highest BCUT2D eigenvalue weighted by atomic mass is 32.1. The topological polar surface area (TPSA) is 54.3 Å². The zero-order valence-electron chi connectivity index (χ0n) is 20.3. The second-order valence-electron chi connectivity index (χ2n) is 8.61. The standard InChI is InChI=1S/C30H27N3O2S/c1-3-35-30(34)26-24-19-25(21-13-7-4-8-14-21)33(2)27(22-15-9-5-10-16-22)28(24)36-29(26)32-20-31-23-17-11-6-12-18-23/h4-18,25,27H,3,19H2,1-2H3. The predicted molar refractivity (Wildman–Crippen MR) is 145 cm³/mol. The molecular formula is C30H27N3O2S. The molecule has 0 bridgehead atoms. The lowest BCUT2D eigenvalue weighted by Gasteiger charge is -2.40. The summed E-state index contributed by atoms with van der Waals surface area (Å²) < 4.78 is 5.50. The van der Waals surface area contributed by atoms with Crippen LogP contribution in [0, 0.1) is 0 Å². The van der Waals surface area contributed by atoms with Crippen molar-refractivity contribution in [2.24, 2.45) is 9.98 Å². The molecule has 180 valence electrons. The lowest BCUT2D eigenvalue weighted by Crippen LogP contribution is -2.35. The van der Waals surface area contributed by atoms with E-state index in [0.29, 0.717) is 23.6 Å². The van der Waals surface area contributed by atoms with Gasteiger partial charge in [-0.2, -0.15) is 9.98 Å². The molecule has 6 heteroatoms. The van der Waals surface area contributed by atoms with Crippen LogP contribution in [0.15, 0.2) is 101 Å². The summed E-state index contributed by atoms with van der Waals surface area (Å²) in [5, 5.41) is 0.584. The molecule has 0 aliphatic carbocycles. The Morgan fingerprint density at radius 1 is 0.944 bits per heavy atom. The van der Waals surface area contributed by atoms with Crippen LogP contribution in [-0.4, -0.2) is 30.5 Å². The first-order valence-electron chi connectivity index (χ1n) is 12.0. The summed E-state index contributed by atoms with van der Waals surface area (Å²) in [5.41, 5.74) is 4.67. The maximum Gasteiger partial charge on any atom is 0.341 e. The van der Waals surface area contributed by atoms with Crippen molar-refractivity contribution in [3.05, 3.63) is 118 Å². The number of ether oxygens (including phenoxy) is 1. The highest BCUT2D eigenvalue weighted by Gasteiger charge is 2.39. The number of thiophene rings is 1. The largest absolute Gasteiger partial charge is 0.462 e. The van der Waals surface area contributed by atoms with Crippen molar-refractivity contribution >= 4 is 34.0 Å². The summed E-state index contributed by atoms with van der Waals surface area (Å²) in [7, 11) is 2.15. The highest BCUT2D eigenvalue weighted by molar-refractivity contribution is 7.16. The van der Waals surface area contributed by atoms with Crippen molar-refractivity contribution in [2.45, 2.75) is 25.4 Å². The molecule has 0 saturated heterocycles. The molecule has 36 heavy (non-hydrogen) atoms. The number of aliphatic imine (C=N–C) groups is 2. The third-order valence-electron chi connectivity index (χ3n) is 6.43. The predicted octanol–water partition coefficient (Wildman–Crippen LogP) is 7.38. The number of carbonyl (C=O) groups excluding carboxylic acids is 1. The fourth-order valence-corrected chi connectivity index (χ4v) is 6.09. The fourth-order valence-electron chi connectivity index (χ4n) is 4.77. The molecule has 5 rings (SSSR count). The molecule has 0 amide bonds. The third-order valence-corrected chi connectivity index (χ3v) is 7.61. The molecule has 0 saturated carbocycles. The maximum atomic E-state index is 13.3. The van der Waals surface area contributed by atoms with Crippen molar-refractivity contribution in [2.75, 3.05) is 13.7 Å². The Hall–Kier alpha value is -3.83. The second kappa shape index (κ2) is 10.8. The van der Waals surface area contributed by atoms with Crippen LogP contribution in [0.2, 0.25) is 0 Å². The Morgan fingerprint density at radius 2 is 1.56 bits per heavy atom. The molecule has 4 aromatic rings. The minimum atomic E-state index is -0.349. The summed E-state index contributed by atoms with van der Waals surface area (Å²) in [4.78, 5) is 25.6. The average Bonchev–Trinajstić information content (AvgIpc) is 3.28. The average molecular weight is 494 g/mol. The zero-order chi connectivity index (χ0) is 24.9. The Morgan fingerprint density at radius 3 is 2.19 bits per heavy atom. The monoisotopic (exact) mass is 493 g/mol. The summed E-state index contributed by atoms with van der Waals surface area (Å²) in [6.07, 6.45) is 0.690.